The van der Waals surface area contributed by atoms with Gasteiger partial charge >= 0.3 is 0 Å². The van der Waals surface area contributed by atoms with E-state index in [0.29, 0.717) is 6.42 Å². The summed E-state index contributed by atoms with van der Waals surface area (Å²) in [5.74, 6) is -1.47. The smallest absolute Gasteiger partial charge is 0.194 e. The summed E-state index contributed by atoms with van der Waals surface area (Å²) in [7, 11) is 0. The Morgan fingerprint density at radius 3 is 2.43 bits per heavy atom. The molecular weight excluding hydrogens is 276 g/mol. The summed E-state index contributed by atoms with van der Waals surface area (Å²) < 4.78 is 11.0. The highest BCUT2D eigenvalue weighted by molar-refractivity contribution is 5.14. The number of rotatable bonds is 5. The predicted molar refractivity (Wildman–Crippen MR) is 74.5 cm³/mol. The Kier molecular flexibility index (Phi) is 5.32. The van der Waals surface area contributed by atoms with Gasteiger partial charge in [0.05, 0.1) is 13.2 Å². The monoisotopic (exact) mass is 298 g/mol. The van der Waals surface area contributed by atoms with Gasteiger partial charge in [0, 0.05) is 0 Å². The van der Waals surface area contributed by atoms with E-state index in [2.05, 4.69) is 0 Å². The van der Waals surface area contributed by atoms with Crippen molar-refractivity contribution in [2.75, 3.05) is 13.2 Å². The molecule has 1 aromatic carbocycles. The van der Waals surface area contributed by atoms with Crippen LogP contribution in [0.5, 0.6) is 0 Å². The summed E-state index contributed by atoms with van der Waals surface area (Å²) in [6.07, 6.45) is -4.56. The summed E-state index contributed by atoms with van der Waals surface area (Å²) in [5.41, 5.74) is 1.07. The third-order valence-electron chi connectivity index (χ3n) is 3.78. The van der Waals surface area contributed by atoms with Crippen LogP contribution in [0, 0.1) is 0 Å². The molecule has 1 heterocycles. The van der Waals surface area contributed by atoms with Crippen molar-refractivity contribution in [3.05, 3.63) is 35.9 Å². The molecule has 2 rings (SSSR count). The van der Waals surface area contributed by atoms with Crippen LogP contribution in [0.25, 0.3) is 0 Å². The van der Waals surface area contributed by atoms with Gasteiger partial charge < -0.3 is 29.9 Å². The van der Waals surface area contributed by atoms with E-state index in [1.165, 1.54) is 6.92 Å². The molecule has 118 valence electrons. The van der Waals surface area contributed by atoms with Crippen molar-refractivity contribution in [1.82, 2.24) is 0 Å². The van der Waals surface area contributed by atoms with Crippen molar-refractivity contribution in [3.63, 3.8) is 0 Å². The van der Waals surface area contributed by atoms with Crippen LogP contribution in [0.15, 0.2) is 30.3 Å². The second-order valence-corrected chi connectivity index (χ2v) is 5.36. The summed E-state index contributed by atoms with van der Waals surface area (Å²) in [6, 6.07) is 9.68. The lowest BCUT2D eigenvalue weighted by molar-refractivity contribution is -0.356. The molecule has 1 saturated heterocycles. The van der Waals surface area contributed by atoms with Gasteiger partial charge in [0.15, 0.2) is 5.79 Å². The van der Waals surface area contributed by atoms with Crippen molar-refractivity contribution in [2.45, 2.75) is 43.5 Å². The van der Waals surface area contributed by atoms with Gasteiger partial charge in [0.1, 0.15) is 24.4 Å². The van der Waals surface area contributed by atoms with E-state index in [9.17, 15) is 15.3 Å². The minimum absolute atomic E-state index is 0.276. The summed E-state index contributed by atoms with van der Waals surface area (Å²) in [5, 5.41) is 38.7. The van der Waals surface area contributed by atoms with Crippen molar-refractivity contribution >= 4 is 0 Å². The lowest BCUT2D eigenvalue weighted by atomic mass is 9.93. The molecule has 1 aliphatic heterocycles. The molecule has 1 aliphatic rings. The first kappa shape index (κ1) is 16.4. The largest absolute Gasteiger partial charge is 0.394 e. The van der Waals surface area contributed by atoms with Crippen molar-refractivity contribution in [1.29, 1.82) is 0 Å². The molecule has 4 N–H and O–H groups in total. The molecule has 5 atom stereocenters. The standard InChI is InChI=1S/C15H22O6/c1-15(20-8-7-10-5-3-2-4-6-10)14(19)13(18)12(17)11(9-16)21-15/h2-6,11-14,16-19H,7-9H2,1H3/t11-,12-,13+,14+,15+/m1/s1. The second kappa shape index (κ2) is 6.83. The van der Waals surface area contributed by atoms with E-state index in [0.717, 1.165) is 5.56 Å². The molecule has 1 aromatic rings. The third-order valence-corrected chi connectivity index (χ3v) is 3.78. The minimum atomic E-state index is -1.47. The first-order chi connectivity index (χ1) is 9.98. The van der Waals surface area contributed by atoms with E-state index < -0.39 is 36.8 Å². The maximum absolute atomic E-state index is 10.0. The molecule has 1 fully saturated rings. The fraction of sp³-hybridized carbons (Fsp3) is 0.600. The molecular formula is C15H22O6. The Bertz CT molecular complexity index is 437. The SMILES string of the molecule is C[C@]1(OCCc2ccccc2)O[C@H](CO)[C@@H](O)[C@H](O)[C@@H]1O. The highest BCUT2D eigenvalue weighted by atomic mass is 16.7. The number of hydrogen-bond donors (Lipinski definition) is 4. The fourth-order valence-corrected chi connectivity index (χ4v) is 2.44. The van der Waals surface area contributed by atoms with Crippen LogP contribution in [0.4, 0.5) is 0 Å². The van der Waals surface area contributed by atoms with Crippen LogP contribution in [0.3, 0.4) is 0 Å². The zero-order valence-corrected chi connectivity index (χ0v) is 11.9. The molecule has 0 bridgehead atoms. The molecule has 0 aromatic heterocycles. The Hall–Kier alpha value is -1.02. The lowest BCUT2D eigenvalue weighted by Gasteiger charge is -2.46. The Morgan fingerprint density at radius 1 is 1.14 bits per heavy atom. The number of aliphatic hydroxyl groups excluding tert-OH is 4. The van der Waals surface area contributed by atoms with Crippen LogP contribution in [0.2, 0.25) is 0 Å². The summed E-state index contributed by atoms with van der Waals surface area (Å²) in [6.45, 7) is 1.29. The van der Waals surface area contributed by atoms with Gasteiger partial charge in [0.2, 0.25) is 0 Å². The molecule has 0 amide bonds. The zero-order valence-electron chi connectivity index (χ0n) is 11.9. The number of benzene rings is 1. The van der Waals surface area contributed by atoms with Gasteiger partial charge in [-0.3, -0.25) is 0 Å². The number of aliphatic hydroxyl groups is 4. The number of ether oxygens (including phenoxy) is 2. The summed E-state index contributed by atoms with van der Waals surface area (Å²) >= 11 is 0. The molecule has 0 aliphatic carbocycles. The van der Waals surface area contributed by atoms with E-state index in [-0.39, 0.29) is 6.61 Å². The topological polar surface area (TPSA) is 99.4 Å². The average Bonchev–Trinajstić information content (AvgIpc) is 2.50. The minimum Gasteiger partial charge on any atom is -0.394 e. The van der Waals surface area contributed by atoms with Gasteiger partial charge in [0.25, 0.3) is 0 Å². The Morgan fingerprint density at radius 2 is 1.81 bits per heavy atom. The molecule has 0 unspecified atom stereocenters. The molecule has 0 radical (unpaired) electrons. The van der Waals surface area contributed by atoms with Gasteiger partial charge in [-0.25, -0.2) is 0 Å². The van der Waals surface area contributed by atoms with Gasteiger partial charge in [-0.2, -0.15) is 0 Å². The van der Waals surface area contributed by atoms with E-state index >= 15 is 0 Å². The maximum Gasteiger partial charge on any atom is 0.194 e. The normalized spacial score (nSPS) is 36.6. The van der Waals surface area contributed by atoms with Crippen molar-refractivity contribution in [2.24, 2.45) is 0 Å². The van der Waals surface area contributed by atoms with Gasteiger partial charge in [-0.1, -0.05) is 30.3 Å². The first-order valence-corrected chi connectivity index (χ1v) is 6.98. The fourth-order valence-electron chi connectivity index (χ4n) is 2.44. The highest BCUT2D eigenvalue weighted by Gasteiger charge is 2.51. The van der Waals surface area contributed by atoms with E-state index in [4.69, 9.17) is 14.6 Å². The predicted octanol–water partition coefficient (Wildman–Crippen LogP) is -0.564. The molecule has 6 nitrogen and oxygen atoms in total. The summed E-state index contributed by atoms with van der Waals surface area (Å²) in [4.78, 5) is 0. The van der Waals surface area contributed by atoms with Crippen LogP contribution in [-0.2, 0) is 15.9 Å². The highest BCUT2D eigenvalue weighted by Crippen LogP contribution is 2.31. The quantitative estimate of drug-likeness (QED) is 0.581. The van der Waals surface area contributed by atoms with Crippen LogP contribution in [-0.4, -0.2) is 63.8 Å². The second-order valence-electron chi connectivity index (χ2n) is 5.36. The average molecular weight is 298 g/mol. The van der Waals surface area contributed by atoms with Crippen LogP contribution >= 0.6 is 0 Å². The molecule has 6 heteroatoms. The lowest BCUT2D eigenvalue weighted by Crippen LogP contribution is -2.65. The number of hydrogen-bond acceptors (Lipinski definition) is 6. The molecule has 0 spiro atoms. The maximum atomic E-state index is 10.0. The van der Waals surface area contributed by atoms with E-state index in [1.54, 1.807) is 0 Å². The van der Waals surface area contributed by atoms with E-state index in [1.807, 2.05) is 30.3 Å². The molecule has 0 saturated carbocycles. The van der Waals surface area contributed by atoms with Crippen LogP contribution in [0.1, 0.15) is 12.5 Å². The Labute approximate surface area is 123 Å². The van der Waals surface area contributed by atoms with Gasteiger partial charge in [-0.15, -0.1) is 0 Å². The van der Waals surface area contributed by atoms with Crippen LogP contribution < -0.4 is 0 Å². The Balaban J connectivity index is 1.96. The third kappa shape index (κ3) is 3.60. The molecule has 21 heavy (non-hydrogen) atoms. The first-order valence-electron chi connectivity index (χ1n) is 6.98. The van der Waals surface area contributed by atoms with Crippen molar-refractivity contribution < 1.29 is 29.9 Å². The van der Waals surface area contributed by atoms with Crippen molar-refractivity contribution in [3.8, 4) is 0 Å². The van der Waals surface area contributed by atoms with Gasteiger partial charge in [-0.05, 0) is 18.9 Å². The zero-order chi connectivity index (χ0) is 15.5.